The Hall–Kier alpha value is -0.833. The molecule has 0 fully saturated rings. The van der Waals surface area contributed by atoms with Crippen molar-refractivity contribution in [2.24, 2.45) is 0 Å². The molecule has 0 unspecified atom stereocenters. The topological polar surface area (TPSA) is 52.0 Å². The molecule has 0 aliphatic rings. The maximum absolute atomic E-state index is 5.47. The highest BCUT2D eigenvalue weighted by Gasteiger charge is 1.81. The SMILES string of the molecule is Nc1cc[siH]c(N)c1. The van der Waals surface area contributed by atoms with Gasteiger partial charge in [0.25, 0.3) is 0 Å². The Kier molecular flexibility index (Phi) is 1.30. The molecule has 3 heteroatoms. The standard InChI is InChI=1S/C5H8N2Si/c6-4-1-2-8-5(7)3-4/h1-3,8H,6-7H2. The summed E-state index contributed by atoms with van der Waals surface area (Å²) in [5.41, 5.74) is 13.7. The molecule has 1 aromatic rings. The minimum atomic E-state index is 0.189. The molecular weight excluding hydrogens is 116 g/mol. The molecule has 0 amide bonds. The summed E-state index contributed by atoms with van der Waals surface area (Å²) in [6.07, 6.45) is 0. The summed E-state index contributed by atoms with van der Waals surface area (Å²) in [5, 5.41) is 0.921. The van der Waals surface area contributed by atoms with Crippen LogP contribution >= 0.6 is 0 Å². The minimum absolute atomic E-state index is 0.189. The van der Waals surface area contributed by atoms with E-state index in [0.29, 0.717) is 0 Å². The van der Waals surface area contributed by atoms with E-state index >= 15 is 0 Å². The molecule has 0 saturated heterocycles. The molecule has 42 valence electrons. The minimum Gasteiger partial charge on any atom is -0.403 e. The lowest BCUT2D eigenvalue weighted by molar-refractivity contribution is 1.77. The molecule has 2 nitrogen and oxygen atoms in total. The fourth-order valence-electron chi connectivity index (χ4n) is 0.559. The molecule has 0 aliphatic heterocycles. The third-order valence-corrected chi connectivity index (χ3v) is 1.85. The number of rotatable bonds is 0. The predicted molar refractivity (Wildman–Crippen MR) is 38.0 cm³/mol. The zero-order chi connectivity index (χ0) is 5.98. The second-order valence-corrected chi connectivity index (χ2v) is 3.06. The third kappa shape index (κ3) is 1.07. The Morgan fingerprint density at radius 2 is 2.12 bits per heavy atom. The van der Waals surface area contributed by atoms with E-state index in [2.05, 4.69) is 0 Å². The molecule has 0 spiro atoms. The summed E-state index contributed by atoms with van der Waals surface area (Å²) in [6, 6.07) is 3.71. The lowest BCUT2D eigenvalue weighted by Gasteiger charge is -1.91. The first-order valence-corrected chi connectivity index (χ1v) is 3.64. The van der Waals surface area contributed by atoms with Gasteiger partial charge in [-0.15, -0.1) is 0 Å². The molecular formula is C5H8N2Si. The van der Waals surface area contributed by atoms with Crippen molar-refractivity contribution in [1.29, 1.82) is 0 Å². The predicted octanol–water partition coefficient (Wildman–Crippen LogP) is -0.0786. The fraction of sp³-hybridized carbons (Fsp3) is 0. The van der Waals surface area contributed by atoms with Gasteiger partial charge in [-0.05, 0) is 12.1 Å². The van der Waals surface area contributed by atoms with E-state index < -0.39 is 0 Å². The Labute approximate surface area is 50.2 Å². The quantitative estimate of drug-likeness (QED) is 0.475. The van der Waals surface area contributed by atoms with E-state index in [1.807, 2.05) is 17.8 Å². The lowest BCUT2D eigenvalue weighted by atomic mass is 10.5. The maximum Gasteiger partial charge on any atom is 0.0502 e. The van der Waals surface area contributed by atoms with E-state index in [4.69, 9.17) is 11.5 Å². The van der Waals surface area contributed by atoms with Gasteiger partial charge in [-0.2, -0.15) is 0 Å². The van der Waals surface area contributed by atoms with Crippen LogP contribution in [0.3, 0.4) is 0 Å². The van der Waals surface area contributed by atoms with Gasteiger partial charge >= 0.3 is 0 Å². The molecule has 0 saturated carbocycles. The summed E-state index contributed by atoms with van der Waals surface area (Å²) in [6.45, 7) is 0. The number of hydrogen-bond donors (Lipinski definition) is 2. The number of anilines is 2. The first-order chi connectivity index (χ1) is 3.79. The number of nitrogens with two attached hydrogens (primary N) is 2. The van der Waals surface area contributed by atoms with Gasteiger partial charge in [0.1, 0.15) is 0 Å². The highest BCUT2D eigenvalue weighted by atomic mass is 28.2. The van der Waals surface area contributed by atoms with E-state index in [-0.39, 0.29) is 9.12 Å². The molecule has 0 radical (unpaired) electrons. The van der Waals surface area contributed by atoms with Crippen LogP contribution in [-0.4, -0.2) is 9.12 Å². The molecule has 0 bridgehead atoms. The van der Waals surface area contributed by atoms with Crippen LogP contribution in [0.2, 0.25) is 0 Å². The van der Waals surface area contributed by atoms with Gasteiger partial charge in [0.15, 0.2) is 0 Å². The third-order valence-electron chi connectivity index (χ3n) is 0.911. The Morgan fingerprint density at radius 1 is 1.38 bits per heavy atom. The van der Waals surface area contributed by atoms with Gasteiger partial charge in [-0.3, -0.25) is 0 Å². The van der Waals surface area contributed by atoms with Crippen molar-refractivity contribution < 1.29 is 0 Å². The average molecular weight is 124 g/mol. The zero-order valence-corrected chi connectivity index (χ0v) is 5.62. The van der Waals surface area contributed by atoms with Crippen molar-refractivity contribution in [3.05, 3.63) is 17.8 Å². The smallest absolute Gasteiger partial charge is 0.0502 e. The molecule has 8 heavy (non-hydrogen) atoms. The van der Waals surface area contributed by atoms with Crippen molar-refractivity contribution in [2.75, 3.05) is 11.5 Å². The van der Waals surface area contributed by atoms with Gasteiger partial charge in [0.2, 0.25) is 0 Å². The van der Waals surface area contributed by atoms with Crippen molar-refractivity contribution in [1.82, 2.24) is 0 Å². The van der Waals surface area contributed by atoms with Crippen LogP contribution in [0.15, 0.2) is 17.8 Å². The van der Waals surface area contributed by atoms with Crippen molar-refractivity contribution in [3.63, 3.8) is 0 Å². The largest absolute Gasteiger partial charge is 0.403 e. The van der Waals surface area contributed by atoms with Crippen LogP contribution in [0.5, 0.6) is 0 Å². The highest BCUT2D eigenvalue weighted by molar-refractivity contribution is 6.38. The summed E-state index contributed by atoms with van der Waals surface area (Å²) in [7, 11) is 0.189. The molecule has 1 rings (SSSR count). The number of nitrogen functional groups attached to an aromatic ring is 2. The summed E-state index contributed by atoms with van der Waals surface area (Å²) >= 11 is 0. The van der Waals surface area contributed by atoms with Gasteiger partial charge in [0, 0.05) is 11.0 Å². The van der Waals surface area contributed by atoms with Crippen LogP contribution in [0.1, 0.15) is 0 Å². The van der Waals surface area contributed by atoms with Crippen LogP contribution in [-0.2, 0) is 0 Å². The lowest BCUT2D eigenvalue weighted by Crippen LogP contribution is -1.91. The van der Waals surface area contributed by atoms with E-state index in [1.54, 1.807) is 0 Å². The summed E-state index contributed by atoms with van der Waals surface area (Å²) < 4.78 is 0. The van der Waals surface area contributed by atoms with Crippen LogP contribution in [0.25, 0.3) is 0 Å². The zero-order valence-electron chi connectivity index (χ0n) is 4.46. The van der Waals surface area contributed by atoms with Crippen molar-refractivity contribution >= 4 is 20.1 Å². The molecule has 4 N–H and O–H groups in total. The van der Waals surface area contributed by atoms with Crippen molar-refractivity contribution in [3.8, 4) is 0 Å². The Balaban J connectivity index is 3.08. The fourth-order valence-corrected chi connectivity index (χ4v) is 1.39. The van der Waals surface area contributed by atoms with Crippen molar-refractivity contribution in [2.45, 2.75) is 0 Å². The maximum atomic E-state index is 5.47. The van der Waals surface area contributed by atoms with Gasteiger partial charge < -0.3 is 11.5 Å². The second-order valence-electron chi connectivity index (χ2n) is 1.67. The first-order valence-electron chi connectivity index (χ1n) is 2.40. The van der Waals surface area contributed by atoms with Gasteiger partial charge in [0.05, 0.1) is 9.12 Å². The van der Waals surface area contributed by atoms with Gasteiger partial charge in [-0.1, -0.05) is 5.68 Å². The summed E-state index contributed by atoms with van der Waals surface area (Å²) in [5.74, 6) is 0. The molecule has 0 atom stereocenters. The molecule has 0 aliphatic carbocycles. The molecule has 1 heterocycles. The molecule has 1 aromatic heterocycles. The number of hydrogen-bond acceptors (Lipinski definition) is 2. The normalized spacial score (nSPS) is 9.00. The highest BCUT2D eigenvalue weighted by Crippen LogP contribution is 2.01. The first kappa shape index (κ1) is 5.31. The Bertz CT molecular complexity index is 170. The van der Waals surface area contributed by atoms with Gasteiger partial charge in [-0.25, -0.2) is 0 Å². The average Bonchev–Trinajstić information content (AvgIpc) is 1.64. The summed E-state index contributed by atoms with van der Waals surface area (Å²) in [4.78, 5) is 0. The van der Waals surface area contributed by atoms with Crippen LogP contribution < -0.4 is 11.5 Å². The van der Waals surface area contributed by atoms with Crippen LogP contribution in [0, 0.1) is 0 Å². The molecule has 0 aromatic carbocycles. The van der Waals surface area contributed by atoms with Crippen LogP contribution in [0.4, 0.5) is 11.0 Å². The van der Waals surface area contributed by atoms with E-state index in [1.165, 1.54) is 0 Å². The monoisotopic (exact) mass is 124 g/mol. The second kappa shape index (κ2) is 1.96. The van der Waals surface area contributed by atoms with E-state index in [9.17, 15) is 0 Å². The Morgan fingerprint density at radius 3 is 2.50 bits per heavy atom. The van der Waals surface area contributed by atoms with E-state index in [0.717, 1.165) is 11.0 Å².